The lowest BCUT2D eigenvalue weighted by molar-refractivity contribution is 0.0727. The van der Waals surface area contributed by atoms with Crippen LogP contribution in [0.15, 0.2) is 0 Å². The first kappa shape index (κ1) is 13.3. The number of likely N-dealkylation sites (tertiary alicyclic amines) is 1. The van der Waals surface area contributed by atoms with E-state index in [-0.39, 0.29) is 0 Å². The Hall–Kier alpha value is -0.150. The molecule has 3 atom stereocenters. The monoisotopic (exact) mass is 254 g/mol. The summed E-state index contributed by atoms with van der Waals surface area (Å²) in [5, 5.41) is 0. The summed E-state index contributed by atoms with van der Waals surface area (Å²) in [4.78, 5) is 3.43. The summed E-state index contributed by atoms with van der Waals surface area (Å²) in [7, 11) is 0. The van der Waals surface area contributed by atoms with E-state index in [9.17, 15) is 0 Å². The topological polar surface area (TPSA) is 29.3 Å². The van der Waals surface area contributed by atoms with Crippen LogP contribution in [0, 0.1) is 11.8 Å². The number of nitrogens with zero attached hydrogens (tertiary/aromatic N) is 1. The second-order valence-corrected chi connectivity index (χ2v) is 6.23. The van der Waals surface area contributed by atoms with E-state index in [1.165, 1.54) is 51.5 Å². The van der Waals surface area contributed by atoms with Crippen molar-refractivity contribution in [2.24, 2.45) is 17.6 Å². The molecule has 2 rings (SSSR count). The standard InChI is InChI=1S/C14H26N2S/c1-2-11-6-3-4-8-13(11)16-9-5-7-12(10-16)14(15)17/h11-13H,2-10H2,1H3,(H2,15,17). The Kier molecular flexibility index (Phi) is 4.80. The average Bonchev–Trinajstić information content (AvgIpc) is 2.39. The zero-order valence-electron chi connectivity index (χ0n) is 11.0. The van der Waals surface area contributed by atoms with E-state index >= 15 is 0 Å². The first-order valence-corrected chi connectivity index (χ1v) is 7.66. The fourth-order valence-electron chi connectivity index (χ4n) is 3.68. The molecule has 0 radical (unpaired) electrons. The van der Waals surface area contributed by atoms with Crippen LogP contribution in [0.1, 0.15) is 51.9 Å². The van der Waals surface area contributed by atoms with Crippen molar-refractivity contribution >= 4 is 17.2 Å². The molecule has 3 unspecified atom stereocenters. The van der Waals surface area contributed by atoms with Crippen LogP contribution in [-0.4, -0.2) is 29.0 Å². The Labute approximate surface area is 111 Å². The molecule has 0 aromatic heterocycles. The third-order valence-electron chi connectivity index (χ3n) is 4.72. The van der Waals surface area contributed by atoms with Crippen LogP contribution in [0.4, 0.5) is 0 Å². The van der Waals surface area contributed by atoms with Gasteiger partial charge in [-0.2, -0.15) is 0 Å². The largest absolute Gasteiger partial charge is 0.393 e. The van der Waals surface area contributed by atoms with Gasteiger partial charge in [0.15, 0.2) is 0 Å². The molecular formula is C14H26N2S. The minimum absolute atomic E-state index is 0.471. The van der Waals surface area contributed by atoms with E-state index < -0.39 is 0 Å². The molecule has 17 heavy (non-hydrogen) atoms. The molecule has 0 amide bonds. The number of hydrogen-bond donors (Lipinski definition) is 1. The molecule has 98 valence electrons. The summed E-state index contributed by atoms with van der Waals surface area (Å²) in [6.45, 7) is 4.73. The highest BCUT2D eigenvalue weighted by molar-refractivity contribution is 7.80. The van der Waals surface area contributed by atoms with Gasteiger partial charge in [-0.15, -0.1) is 0 Å². The molecule has 1 aliphatic heterocycles. The molecule has 2 fully saturated rings. The van der Waals surface area contributed by atoms with E-state index in [2.05, 4.69) is 11.8 Å². The average molecular weight is 254 g/mol. The van der Waals surface area contributed by atoms with Crippen LogP contribution in [0.5, 0.6) is 0 Å². The second-order valence-electron chi connectivity index (χ2n) is 5.76. The number of thiocarbonyl (C=S) groups is 1. The lowest BCUT2D eigenvalue weighted by atomic mass is 9.80. The molecule has 0 spiro atoms. The van der Waals surface area contributed by atoms with Gasteiger partial charge in [0.05, 0.1) is 4.99 Å². The molecule has 1 aliphatic carbocycles. The lowest BCUT2D eigenvalue weighted by Crippen LogP contribution is -2.49. The minimum atomic E-state index is 0.471. The Bertz CT molecular complexity index is 267. The highest BCUT2D eigenvalue weighted by Crippen LogP contribution is 2.33. The SMILES string of the molecule is CCC1CCCCC1N1CCCC(C(N)=S)C1. The van der Waals surface area contributed by atoms with Crippen molar-refractivity contribution in [3.63, 3.8) is 0 Å². The molecule has 3 heteroatoms. The zero-order chi connectivity index (χ0) is 12.3. The maximum Gasteiger partial charge on any atom is 0.0771 e. The van der Waals surface area contributed by atoms with Crippen LogP contribution in [0.3, 0.4) is 0 Å². The first-order chi connectivity index (χ1) is 8.22. The van der Waals surface area contributed by atoms with Gasteiger partial charge in [-0.25, -0.2) is 0 Å². The highest BCUT2D eigenvalue weighted by atomic mass is 32.1. The zero-order valence-corrected chi connectivity index (χ0v) is 11.8. The van der Waals surface area contributed by atoms with Crippen LogP contribution in [0.2, 0.25) is 0 Å². The molecule has 1 saturated carbocycles. The molecular weight excluding hydrogens is 228 g/mol. The van der Waals surface area contributed by atoms with Gasteiger partial charge >= 0.3 is 0 Å². The van der Waals surface area contributed by atoms with Crippen molar-refractivity contribution in [2.75, 3.05) is 13.1 Å². The van der Waals surface area contributed by atoms with Gasteiger partial charge in [0, 0.05) is 18.5 Å². The molecule has 0 bridgehead atoms. The van der Waals surface area contributed by atoms with Crippen molar-refractivity contribution in [3.05, 3.63) is 0 Å². The van der Waals surface area contributed by atoms with Crippen molar-refractivity contribution < 1.29 is 0 Å². The predicted octanol–water partition coefficient (Wildman–Crippen LogP) is 2.95. The fourth-order valence-corrected chi connectivity index (χ4v) is 3.88. The Morgan fingerprint density at radius 3 is 2.71 bits per heavy atom. The summed E-state index contributed by atoms with van der Waals surface area (Å²) in [6.07, 6.45) is 9.47. The van der Waals surface area contributed by atoms with Crippen LogP contribution in [0.25, 0.3) is 0 Å². The Morgan fingerprint density at radius 1 is 1.24 bits per heavy atom. The number of piperidine rings is 1. The third kappa shape index (κ3) is 3.19. The number of rotatable bonds is 3. The van der Waals surface area contributed by atoms with Gasteiger partial charge in [-0.05, 0) is 38.1 Å². The quantitative estimate of drug-likeness (QED) is 0.785. The summed E-state index contributed by atoms with van der Waals surface area (Å²) in [5.41, 5.74) is 5.83. The van der Waals surface area contributed by atoms with Crippen molar-refractivity contribution in [1.29, 1.82) is 0 Å². The van der Waals surface area contributed by atoms with Crippen LogP contribution < -0.4 is 5.73 Å². The van der Waals surface area contributed by atoms with Crippen molar-refractivity contribution in [3.8, 4) is 0 Å². The molecule has 1 heterocycles. The van der Waals surface area contributed by atoms with E-state index in [0.717, 1.165) is 23.5 Å². The molecule has 2 N–H and O–H groups in total. The smallest absolute Gasteiger partial charge is 0.0771 e. The minimum Gasteiger partial charge on any atom is -0.393 e. The van der Waals surface area contributed by atoms with E-state index in [4.69, 9.17) is 18.0 Å². The fraction of sp³-hybridized carbons (Fsp3) is 0.929. The van der Waals surface area contributed by atoms with Gasteiger partial charge in [0.25, 0.3) is 0 Å². The molecule has 0 aromatic rings. The van der Waals surface area contributed by atoms with E-state index in [0.29, 0.717) is 5.92 Å². The van der Waals surface area contributed by atoms with E-state index in [1.807, 2.05) is 0 Å². The first-order valence-electron chi connectivity index (χ1n) is 7.25. The normalized spacial score (nSPS) is 35.7. The molecule has 1 saturated heterocycles. The molecule has 2 nitrogen and oxygen atoms in total. The van der Waals surface area contributed by atoms with Gasteiger partial charge in [-0.1, -0.05) is 38.4 Å². The Morgan fingerprint density at radius 2 is 2.00 bits per heavy atom. The van der Waals surface area contributed by atoms with Gasteiger partial charge < -0.3 is 5.73 Å². The van der Waals surface area contributed by atoms with Gasteiger partial charge in [0.1, 0.15) is 0 Å². The molecule has 0 aromatic carbocycles. The lowest BCUT2D eigenvalue weighted by Gasteiger charge is -2.43. The summed E-state index contributed by atoms with van der Waals surface area (Å²) < 4.78 is 0. The van der Waals surface area contributed by atoms with Gasteiger partial charge in [0.2, 0.25) is 0 Å². The number of hydrogen-bond acceptors (Lipinski definition) is 2. The van der Waals surface area contributed by atoms with Crippen molar-refractivity contribution in [2.45, 2.75) is 57.9 Å². The third-order valence-corrected chi connectivity index (χ3v) is 5.05. The highest BCUT2D eigenvalue weighted by Gasteiger charge is 2.32. The Balaban J connectivity index is 1.97. The summed E-state index contributed by atoms with van der Waals surface area (Å²) in [5.74, 6) is 1.38. The van der Waals surface area contributed by atoms with Crippen LogP contribution in [-0.2, 0) is 0 Å². The van der Waals surface area contributed by atoms with Crippen molar-refractivity contribution in [1.82, 2.24) is 4.90 Å². The van der Waals surface area contributed by atoms with Gasteiger partial charge in [-0.3, -0.25) is 4.90 Å². The second kappa shape index (κ2) is 6.14. The van der Waals surface area contributed by atoms with Crippen LogP contribution >= 0.6 is 12.2 Å². The molecule has 2 aliphatic rings. The maximum atomic E-state index is 5.83. The predicted molar refractivity (Wildman–Crippen MR) is 77.1 cm³/mol. The summed E-state index contributed by atoms with van der Waals surface area (Å²) in [6, 6.07) is 0.811. The summed E-state index contributed by atoms with van der Waals surface area (Å²) >= 11 is 5.18. The maximum absolute atomic E-state index is 5.83. The van der Waals surface area contributed by atoms with E-state index in [1.54, 1.807) is 0 Å². The number of nitrogens with two attached hydrogens (primary N) is 1.